The van der Waals surface area contributed by atoms with Crippen molar-refractivity contribution in [2.24, 2.45) is 5.73 Å². The number of aliphatic hydroxyl groups is 1. The highest BCUT2D eigenvalue weighted by Crippen LogP contribution is 2.27. The summed E-state index contributed by atoms with van der Waals surface area (Å²) in [4.78, 5) is 11.4. The van der Waals surface area contributed by atoms with Crippen LogP contribution in [0.3, 0.4) is 0 Å². The summed E-state index contributed by atoms with van der Waals surface area (Å²) in [5, 5.41) is 19.4. The van der Waals surface area contributed by atoms with Gasteiger partial charge in [-0.1, -0.05) is 0 Å². The molecule has 2 rings (SSSR count). The van der Waals surface area contributed by atoms with Crippen molar-refractivity contribution < 1.29 is 15.0 Å². The van der Waals surface area contributed by atoms with Gasteiger partial charge in [-0.15, -0.1) is 0 Å². The van der Waals surface area contributed by atoms with E-state index in [-0.39, 0.29) is 12.2 Å². The maximum atomic E-state index is 11.4. The summed E-state index contributed by atoms with van der Waals surface area (Å²) in [5.74, 6) is -0.953. The van der Waals surface area contributed by atoms with Crippen LogP contribution in [0.1, 0.15) is 21.5 Å². The van der Waals surface area contributed by atoms with Crippen molar-refractivity contribution in [3.8, 4) is 0 Å². The number of hydrogen-bond acceptors (Lipinski definition) is 3. The van der Waals surface area contributed by atoms with Gasteiger partial charge in [0.25, 0.3) is 0 Å². The fourth-order valence-corrected chi connectivity index (χ4v) is 2.46. The Morgan fingerprint density at radius 3 is 2.74 bits per heavy atom. The first kappa shape index (κ1) is 13.6. The highest BCUT2D eigenvalue weighted by molar-refractivity contribution is 6.03. The summed E-state index contributed by atoms with van der Waals surface area (Å²) in [5.41, 5.74) is 8.46. The molecule has 5 heteroatoms. The lowest BCUT2D eigenvalue weighted by atomic mass is 10.0. The Labute approximate surface area is 111 Å². The van der Waals surface area contributed by atoms with Crippen molar-refractivity contribution in [2.45, 2.75) is 19.9 Å². The van der Waals surface area contributed by atoms with Crippen molar-refractivity contribution in [3.63, 3.8) is 0 Å². The van der Waals surface area contributed by atoms with Gasteiger partial charge in [0.2, 0.25) is 0 Å². The molecule has 0 saturated heterocycles. The molecule has 0 amide bonds. The second-order valence-corrected chi connectivity index (χ2v) is 4.62. The van der Waals surface area contributed by atoms with Gasteiger partial charge in [0, 0.05) is 18.1 Å². The van der Waals surface area contributed by atoms with Crippen molar-refractivity contribution >= 4 is 16.9 Å². The lowest BCUT2D eigenvalue weighted by Crippen LogP contribution is -2.05. The third-order valence-electron chi connectivity index (χ3n) is 3.18. The first-order valence-corrected chi connectivity index (χ1v) is 6.25. The predicted octanol–water partition coefficient (Wildman–Crippen LogP) is 1.14. The van der Waals surface area contributed by atoms with E-state index >= 15 is 0 Å². The highest BCUT2D eigenvalue weighted by atomic mass is 16.4. The largest absolute Gasteiger partial charge is 0.478 e. The number of carboxylic acid groups (broad SMARTS) is 1. The minimum absolute atomic E-state index is 0.0290. The van der Waals surface area contributed by atoms with Crippen LogP contribution in [0.2, 0.25) is 0 Å². The molecule has 5 nitrogen and oxygen atoms in total. The molecule has 0 unspecified atom stereocenters. The normalized spacial score (nSPS) is 11.1. The van der Waals surface area contributed by atoms with Gasteiger partial charge < -0.3 is 20.5 Å². The molecule has 4 N–H and O–H groups in total. The summed E-state index contributed by atoms with van der Waals surface area (Å²) < 4.78 is 1.79. The third-order valence-corrected chi connectivity index (χ3v) is 3.18. The van der Waals surface area contributed by atoms with Gasteiger partial charge in [0.15, 0.2) is 0 Å². The van der Waals surface area contributed by atoms with Crippen molar-refractivity contribution in [1.82, 2.24) is 4.57 Å². The second-order valence-electron chi connectivity index (χ2n) is 4.62. The van der Waals surface area contributed by atoms with Crippen molar-refractivity contribution in [3.05, 3.63) is 35.0 Å². The summed E-state index contributed by atoms with van der Waals surface area (Å²) in [6.45, 7) is 2.74. The summed E-state index contributed by atoms with van der Waals surface area (Å²) in [6.07, 6.45) is 2.58. The summed E-state index contributed by atoms with van der Waals surface area (Å²) in [6, 6.07) is 3.63. The van der Waals surface area contributed by atoms with Crippen LogP contribution in [0.5, 0.6) is 0 Å². The number of rotatable bonds is 5. The molecule has 0 aliphatic rings. The molecule has 0 spiro atoms. The molecule has 19 heavy (non-hydrogen) atoms. The van der Waals surface area contributed by atoms with Crippen LogP contribution in [-0.4, -0.2) is 33.9 Å². The number of carboxylic acids is 1. The number of aliphatic hydroxyl groups excluding tert-OH is 1. The van der Waals surface area contributed by atoms with Gasteiger partial charge in [0.1, 0.15) is 0 Å². The monoisotopic (exact) mass is 262 g/mol. The number of nitrogens with two attached hydrogens (primary N) is 1. The smallest absolute Gasteiger partial charge is 0.337 e. The molecule has 102 valence electrons. The quantitative estimate of drug-likeness (QED) is 0.754. The fraction of sp³-hybridized carbons (Fsp3) is 0.357. The standard InChI is InChI=1S/C14H18N2O3/c1-9-6-11-10(2-3-15)8-16(4-5-17)13(11)12(7-9)14(18)19/h6-8,17H,2-5,15H2,1H3,(H,18,19). The van der Waals surface area contributed by atoms with E-state index in [9.17, 15) is 9.90 Å². The van der Waals surface area contributed by atoms with Crippen molar-refractivity contribution in [1.29, 1.82) is 0 Å². The maximum absolute atomic E-state index is 11.4. The fourth-order valence-electron chi connectivity index (χ4n) is 2.46. The number of fused-ring (bicyclic) bond motifs is 1. The molecular weight excluding hydrogens is 244 g/mol. The van der Waals surface area contributed by atoms with E-state index in [1.54, 1.807) is 10.6 Å². The number of aromatic carboxylic acids is 1. The van der Waals surface area contributed by atoms with Gasteiger partial charge in [-0.2, -0.15) is 0 Å². The number of carbonyl (C=O) groups is 1. The molecule has 0 bridgehead atoms. The zero-order valence-electron chi connectivity index (χ0n) is 10.9. The molecule has 1 aromatic heterocycles. The number of aromatic nitrogens is 1. The maximum Gasteiger partial charge on any atom is 0.337 e. The van der Waals surface area contributed by atoms with Crippen LogP contribution in [0, 0.1) is 6.92 Å². The van der Waals surface area contributed by atoms with E-state index in [0.717, 1.165) is 16.5 Å². The number of benzene rings is 1. The van der Waals surface area contributed by atoms with E-state index < -0.39 is 5.97 Å². The van der Waals surface area contributed by atoms with Gasteiger partial charge in [-0.3, -0.25) is 0 Å². The molecule has 0 radical (unpaired) electrons. The predicted molar refractivity (Wildman–Crippen MR) is 73.5 cm³/mol. The van der Waals surface area contributed by atoms with E-state index in [0.29, 0.717) is 25.0 Å². The van der Waals surface area contributed by atoms with Crippen LogP contribution in [-0.2, 0) is 13.0 Å². The first-order chi connectivity index (χ1) is 9.08. The Morgan fingerprint density at radius 2 is 2.16 bits per heavy atom. The van der Waals surface area contributed by atoms with E-state index in [2.05, 4.69) is 0 Å². The summed E-state index contributed by atoms with van der Waals surface area (Å²) >= 11 is 0. The van der Waals surface area contributed by atoms with Crippen LogP contribution in [0.15, 0.2) is 18.3 Å². The number of hydrogen-bond donors (Lipinski definition) is 3. The van der Waals surface area contributed by atoms with Gasteiger partial charge in [-0.05, 0) is 43.1 Å². The van der Waals surface area contributed by atoms with E-state index in [1.165, 1.54) is 0 Å². The Morgan fingerprint density at radius 1 is 1.42 bits per heavy atom. The van der Waals surface area contributed by atoms with Gasteiger partial charge >= 0.3 is 5.97 Å². The molecule has 1 heterocycles. The average Bonchev–Trinajstić information content (AvgIpc) is 2.68. The Bertz CT molecular complexity index is 617. The van der Waals surface area contributed by atoms with E-state index in [1.807, 2.05) is 19.2 Å². The molecule has 0 atom stereocenters. The third kappa shape index (κ3) is 2.47. The van der Waals surface area contributed by atoms with Crippen LogP contribution < -0.4 is 5.73 Å². The minimum Gasteiger partial charge on any atom is -0.478 e. The van der Waals surface area contributed by atoms with Crippen LogP contribution in [0.4, 0.5) is 0 Å². The second kappa shape index (κ2) is 5.42. The molecule has 2 aromatic rings. The van der Waals surface area contributed by atoms with Gasteiger partial charge in [-0.25, -0.2) is 4.79 Å². The van der Waals surface area contributed by atoms with Crippen molar-refractivity contribution in [2.75, 3.05) is 13.2 Å². The molecule has 0 aliphatic heterocycles. The first-order valence-electron chi connectivity index (χ1n) is 6.25. The Balaban J connectivity index is 2.77. The topological polar surface area (TPSA) is 88.5 Å². The lowest BCUT2D eigenvalue weighted by molar-refractivity contribution is 0.0698. The SMILES string of the molecule is Cc1cc(C(=O)O)c2c(c1)c(CCN)cn2CCO. The molecular formula is C14H18N2O3. The van der Waals surface area contributed by atoms with Crippen LogP contribution >= 0.6 is 0 Å². The zero-order chi connectivity index (χ0) is 14.0. The molecule has 0 aliphatic carbocycles. The highest BCUT2D eigenvalue weighted by Gasteiger charge is 2.16. The summed E-state index contributed by atoms with van der Waals surface area (Å²) in [7, 11) is 0. The molecule has 0 fully saturated rings. The molecule has 0 saturated carbocycles. The molecule has 1 aromatic carbocycles. The van der Waals surface area contributed by atoms with Gasteiger partial charge in [0.05, 0.1) is 17.7 Å². The minimum atomic E-state index is -0.953. The Hall–Kier alpha value is -1.85. The van der Waals surface area contributed by atoms with Crippen LogP contribution in [0.25, 0.3) is 10.9 Å². The lowest BCUT2D eigenvalue weighted by Gasteiger charge is -2.07. The number of aryl methyl sites for hydroxylation is 1. The Kier molecular flexibility index (Phi) is 3.87. The zero-order valence-corrected chi connectivity index (χ0v) is 10.9. The number of nitrogens with zero attached hydrogens (tertiary/aromatic N) is 1. The average molecular weight is 262 g/mol. The van der Waals surface area contributed by atoms with E-state index in [4.69, 9.17) is 10.8 Å².